The Kier molecular flexibility index (Phi) is 5.38. The van der Waals surface area contributed by atoms with Crippen molar-refractivity contribution in [2.24, 2.45) is 10.1 Å². The molecule has 0 fully saturated rings. The highest BCUT2D eigenvalue weighted by Gasteiger charge is 2.16. The minimum atomic E-state index is -3.83. The molecular formula is C15H11Cl2N3O3S3. The van der Waals surface area contributed by atoms with Gasteiger partial charge in [0.25, 0.3) is 5.91 Å². The van der Waals surface area contributed by atoms with E-state index in [-0.39, 0.29) is 14.8 Å². The van der Waals surface area contributed by atoms with Crippen LogP contribution in [-0.4, -0.2) is 18.9 Å². The number of aromatic nitrogens is 1. The molecule has 1 amide bonds. The van der Waals surface area contributed by atoms with Crippen LogP contribution in [0.15, 0.2) is 46.8 Å². The van der Waals surface area contributed by atoms with Crippen LogP contribution in [0.25, 0.3) is 10.2 Å². The fourth-order valence-electron chi connectivity index (χ4n) is 2.25. The third kappa shape index (κ3) is 3.78. The van der Waals surface area contributed by atoms with Crippen LogP contribution >= 0.6 is 45.9 Å². The molecule has 0 atom stereocenters. The second-order valence-electron chi connectivity index (χ2n) is 5.11. The van der Waals surface area contributed by atoms with Crippen molar-refractivity contribution in [2.75, 3.05) is 0 Å². The van der Waals surface area contributed by atoms with Crippen molar-refractivity contribution in [1.82, 2.24) is 4.57 Å². The molecule has 0 aliphatic heterocycles. The molecule has 3 rings (SSSR count). The Bertz CT molecular complexity index is 1210. The highest BCUT2D eigenvalue weighted by Crippen LogP contribution is 2.31. The zero-order valence-corrected chi connectivity index (χ0v) is 16.9. The molecule has 3 aromatic rings. The van der Waals surface area contributed by atoms with Crippen LogP contribution in [0, 0.1) is 0 Å². The SMILES string of the molecule is C=CCn1/c(=N/C(=O)c2cc(Cl)sc2Cl)sc2cc(S(N)(=O)=O)ccc21. The third-order valence-electron chi connectivity index (χ3n) is 3.38. The smallest absolute Gasteiger partial charge is 0.282 e. The monoisotopic (exact) mass is 447 g/mol. The molecule has 2 N–H and O–H groups in total. The van der Waals surface area contributed by atoms with E-state index in [4.69, 9.17) is 28.3 Å². The highest BCUT2D eigenvalue weighted by atomic mass is 35.5. The Labute approximate surface area is 166 Å². The predicted octanol–water partition coefficient (Wildman–Crippen LogP) is 3.65. The van der Waals surface area contributed by atoms with Gasteiger partial charge in [0.2, 0.25) is 10.0 Å². The van der Waals surface area contributed by atoms with Gasteiger partial charge in [-0.1, -0.05) is 40.6 Å². The number of amides is 1. The maximum atomic E-state index is 12.5. The summed E-state index contributed by atoms with van der Waals surface area (Å²) in [5.74, 6) is -0.533. The van der Waals surface area contributed by atoms with E-state index in [1.807, 2.05) is 0 Å². The number of carbonyl (C=O) groups is 1. The van der Waals surface area contributed by atoms with Gasteiger partial charge in [-0.3, -0.25) is 4.79 Å². The first-order valence-electron chi connectivity index (χ1n) is 7.01. The van der Waals surface area contributed by atoms with Crippen molar-refractivity contribution in [3.63, 3.8) is 0 Å². The number of primary sulfonamides is 1. The minimum Gasteiger partial charge on any atom is -0.312 e. The molecule has 26 heavy (non-hydrogen) atoms. The fraction of sp³-hybridized carbons (Fsp3) is 0.0667. The lowest BCUT2D eigenvalue weighted by Crippen LogP contribution is -2.16. The number of sulfonamides is 1. The van der Waals surface area contributed by atoms with Crippen molar-refractivity contribution >= 4 is 72.0 Å². The number of thiophene rings is 1. The van der Waals surface area contributed by atoms with E-state index in [0.29, 0.717) is 25.9 Å². The minimum absolute atomic E-state index is 0.0115. The molecule has 0 saturated heterocycles. The summed E-state index contributed by atoms with van der Waals surface area (Å²) in [6.07, 6.45) is 1.65. The van der Waals surface area contributed by atoms with Gasteiger partial charge in [-0.05, 0) is 24.3 Å². The van der Waals surface area contributed by atoms with Crippen LogP contribution in [0.1, 0.15) is 10.4 Å². The van der Waals surface area contributed by atoms with Crippen LogP contribution in [0.2, 0.25) is 8.67 Å². The summed E-state index contributed by atoms with van der Waals surface area (Å²) < 4.78 is 26.1. The topological polar surface area (TPSA) is 94.5 Å². The average molecular weight is 448 g/mol. The number of fused-ring (bicyclic) bond motifs is 1. The van der Waals surface area contributed by atoms with Gasteiger partial charge in [0.1, 0.15) is 4.34 Å². The molecule has 0 spiro atoms. The number of allylic oxidation sites excluding steroid dienone is 1. The normalized spacial score (nSPS) is 12.7. The van der Waals surface area contributed by atoms with E-state index in [1.165, 1.54) is 18.2 Å². The zero-order valence-electron chi connectivity index (χ0n) is 13.0. The quantitative estimate of drug-likeness (QED) is 0.618. The molecule has 136 valence electrons. The second kappa shape index (κ2) is 7.26. The van der Waals surface area contributed by atoms with E-state index in [9.17, 15) is 13.2 Å². The second-order valence-corrected chi connectivity index (χ2v) is 9.97. The molecule has 0 unspecified atom stereocenters. The van der Waals surface area contributed by atoms with Gasteiger partial charge in [0, 0.05) is 6.54 Å². The summed E-state index contributed by atoms with van der Waals surface area (Å²) in [6, 6.07) is 5.94. The van der Waals surface area contributed by atoms with Gasteiger partial charge in [0.15, 0.2) is 4.80 Å². The summed E-state index contributed by atoms with van der Waals surface area (Å²) in [4.78, 5) is 17.0. The number of nitrogens with two attached hydrogens (primary N) is 1. The lowest BCUT2D eigenvalue weighted by atomic mass is 10.3. The molecule has 0 bridgehead atoms. The number of hydrogen-bond donors (Lipinski definition) is 1. The molecule has 2 heterocycles. The molecule has 1 aromatic carbocycles. The van der Waals surface area contributed by atoms with Crippen molar-refractivity contribution in [3.05, 3.63) is 56.0 Å². The van der Waals surface area contributed by atoms with E-state index in [2.05, 4.69) is 11.6 Å². The molecule has 0 aliphatic rings. The molecule has 0 aliphatic carbocycles. The highest BCUT2D eigenvalue weighted by molar-refractivity contribution is 7.89. The van der Waals surface area contributed by atoms with Crippen molar-refractivity contribution in [1.29, 1.82) is 0 Å². The van der Waals surface area contributed by atoms with Crippen molar-refractivity contribution < 1.29 is 13.2 Å². The van der Waals surface area contributed by atoms with Gasteiger partial charge in [-0.2, -0.15) is 4.99 Å². The first-order valence-corrected chi connectivity index (χ1v) is 10.9. The molecule has 11 heteroatoms. The lowest BCUT2D eigenvalue weighted by molar-refractivity contribution is 0.0998. The van der Waals surface area contributed by atoms with Crippen LogP contribution in [0.5, 0.6) is 0 Å². The predicted molar refractivity (Wildman–Crippen MR) is 106 cm³/mol. The maximum absolute atomic E-state index is 12.5. The Balaban J connectivity index is 2.21. The van der Waals surface area contributed by atoms with E-state index in [1.54, 1.807) is 16.7 Å². The Morgan fingerprint density at radius 1 is 1.31 bits per heavy atom. The van der Waals surface area contributed by atoms with Crippen LogP contribution < -0.4 is 9.94 Å². The van der Waals surface area contributed by atoms with E-state index in [0.717, 1.165) is 22.7 Å². The molecule has 6 nitrogen and oxygen atoms in total. The third-order valence-corrected chi connectivity index (χ3v) is 6.82. The zero-order chi connectivity index (χ0) is 19.1. The lowest BCUT2D eigenvalue weighted by Gasteiger charge is -2.02. The summed E-state index contributed by atoms with van der Waals surface area (Å²) >= 11 is 14.1. The van der Waals surface area contributed by atoms with E-state index < -0.39 is 15.9 Å². The summed E-state index contributed by atoms with van der Waals surface area (Å²) in [5, 5.41) is 5.18. The number of hydrogen-bond acceptors (Lipinski definition) is 5. The molecular weight excluding hydrogens is 437 g/mol. The van der Waals surface area contributed by atoms with Crippen molar-refractivity contribution in [2.45, 2.75) is 11.4 Å². The maximum Gasteiger partial charge on any atom is 0.282 e. The van der Waals surface area contributed by atoms with Crippen LogP contribution in [-0.2, 0) is 16.6 Å². The number of halogens is 2. The molecule has 2 aromatic heterocycles. The Hall–Kier alpha value is -1.49. The van der Waals surface area contributed by atoms with Gasteiger partial charge >= 0.3 is 0 Å². The van der Waals surface area contributed by atoms with E-state index >= 15 is 0 Å². The number of thiazole rings is 1. The summed E-state index contributed by atoms with van der Waals surface area (Å²) in [6.45, 7) is 4.09. The van der Waals surface area contributed by atoms with Gasteiger partial charge in [-0.15, -0.1) is 17.9 Å². The Morgan fingerprint density at radius 2 is 2.04 bits per heavy atom. The fourth-order valence-corrected chi connectivity index (χ4v) is 5.39. The number of benzene rings is 1. The van der Waals surface area contributed by atoms with Gasteiger partial charge in [-0.25, -0.2) is 13.6 Å². The first-order chi connectivity index (χ1) is 12.2. The average Bonchev–Trinajstić information content (AvgIpc) is 3.06. The van der Waals surface area contributed by atoms with Gasteiger partial charge < -0.3 is 4.57 Å². The number of nitrogens with zero attached hydrogens (tertiary/aromatic N) is 2. The summed E-state index contributed by atoms with van der Waals surface area (Å²) in [5.41, 5.74) is 0.929. The molecule has 0 saturated carbocycles. The van der Waals surface area contributed by atoms with Crippen LogP contribution in [0.3, 0.4) is 0 Å². The Morgan fingerprint density at radius 3 is 2.62 bits per heavy atom. The largest absolute Gasteiger partial charge is 0.312 e. The number of carbonyl (C=O) groups excluding carboxylic acids is 1. The number of rotatable bonds is 4. The standard InChI is InChI=1S/C15H11Cl2N3O3S3/c1-2-5-20-10-4-3-8(26(18,22)23)6-11(10)24-15(20)19-14(21)9-7-12(16)25-13(9)17/h2-4,6-7H,1,5H2,(H2,18,22,23)/b19-15-. The van der Waals surface area contributed by atoms with Gasteiger partial charge in [0.05, 0.1) is 25.0 Å². The van der Waals surface area contributed by atoms with Crippen LogP contribution in [0.4, 0.5) is 0 Å². The molecule has 0 radical (unpaired) electrons. The first kappa shape index (κ1) is 19.3. The summed E-state index contributed by atoms with van der Waals surface area (Å²) in [7, 11) is -3.83. The van der Waals surface area contributed by atoms with Crippen molar-refractivity contribution in [3.8, 4) is 0 Å².